The molecule has 4 aromatic rings. The molecule has 5 nitrogen and oxygen atoms in total. The number of aliphatic imine (C=N–C) groups is 1. The lowest BCUT2D eigenvalue weighted by molar-refractivity contribution is -0.122. The van der Waals surface area contributed by atoms with Gasteiger partial charge in [0.05, 0.1) is 20.6 Å². The van der Waals surface area contributed by atoms with Gasteiger partial charge in [0.15, 0.2) is 10.9 Å². The first-order valence-electron chi connectivity index (χ1n) is 12.5. The van der Waals surface area contributed by atoms with Crippen LogP contribution in [0.2, 0.25) is 10.0 Å². The van der Waals surface area contributed by atoms with E-state index >= 15 is 0 Å². The Bertz CT molecular complexity index is 1530. The van der Waals surface area contributed by atoms with Crippen molar-refractivity contribution in [1.29, 1.82) is 0 Å². The minimum atomic E-state index is -0.116. The number of halogens is 2. The minimum Gasteiger partial charge on any atom is -0.486 e. The van der Waals surface area contributed by atoms with Crippen LogP contribution in [0.15, 0.2) is 94.8 Å². The summed E-state index contributed by atoms with van der Waals surface area (Å²) >= 11 is 14.5. The first-order chi connectivity index (χ1) is 19.0. The lowest BCUT2D eigenvalue weighted by Crippen LogP contribution is -2.30. The summed E-state index contributed by atoms with van der Waals surface area (Å²) < 4.78 is 11.2. The number of hydrogen-bond donors (Lipinski definition) is 0. The summed E-state index contributed by atoms with van der Waals surface area (Å²) in [6.45, 7) is 1.39. The molecule has 0 atom stereocenters. The minimum absolute atomic E-state index is 0.116. The molecule has 0 saturated carbocycles. The first-order valence-corrected chi connectivity index (χ1v) is 14.0. The summed E-state index contributed by atoms with van der Waals surface area (Å²) in [6.07, 6.45) is 2.49. The second kappa shape index (κ2) is 12.7. The van der Waals surface area contributed by atoms with Crippen molar-refractivity contribution in [3.63, 3.8) is 0 Å². The van der Waals surface area contributed by atoms with Gasteiger partial charge in [-0.3, -0.25) is 9.69 Å². The van der Waals surface area contributed by atoms with Crippen LogP contribution in [-0.2, 0) is 16.1 Å². The van der Waals surface area contributed by atoms with Crippen molar-refractivity contribution in [3.8, 4) is 5.75 Å². The van der Waals surface area contributed by atoms with Crippen molar-refractivity contribution >= 4 is 68.6 Å². The van der Waals surface area contributed by atoms with Gasteiger partial charge in [0.25, 0.3) is 5.91 Å². The molecule has 0 aromatic heterocycles. The molecule has 0 radical (unpaired) electrons. The summed E-state index contributed by atoms with van der Waals surface area (Å²) in [5.74, 6) is 0.293. The molecule has 1 saturated heterocycles. The average molecular weight is 578 g/mol. The molecule has 1 aliphatic heterocycles. The van der Waals surface area contributed by atoms with E-state index in [2.05, 4.69) is 24.3 Å². The highest BCUT2D eigenvalue weighted by atomic mass is 35.5. The highest BCUT2D eigenvalue weighted by molar-refractivity contribution is 8.18. The number of rotatable bonds is 9. The Balaban J connectivity index is 1.35. The Labute approximate surface area is 242 Å². The topological polar surface area (TPSA) is 51.1 Å². The number of amidine groups is 1. The molecule has 198 valence electrons. The highest BCUT2D eigenvalue weighted by Gasteiger charge is 2.33. The average Bonchev–Trinajstić information content (AvgIpc) is 3.22. The Kier molecular flexibility index (Phi) is 8.89. The van der Waals surface area contributed by atoms with Crippen LogP contribution in [0.5, 0.6) is 5.75 Å². The first kappa shape index (κ1) is 27.3. The molecule has 0 spiro atoms. The maximum atomic E-state index is 13.3. The predicted octanol–water partition coefficient (Wildman–Crippen LogP) is 8.37. The molecule has 1 aliphatic rings. The maximum Gasteiger partial charge on any atom is 0.266 e. The number of benzene rings is 4. The van der Waals surface area contributed by atoms with Crippen molar-refractivity contribution in [2.45, 2.75) is 13.0 Å². The van der Waals surface area contributed by atoms with Gasteiger partial charge in [0, 0.05) is 20.3 Å². The van der Waals surface area contributed by atoms with Crippen LogP contribution in [0.3, 0.4) is 0 Å². The lowest BCUT2D eigenvalue weighted by atomic mass is 10.1. The van der Waals surface area contributed by atoms with E-state index in [9.17, 15) is 4.79 Å². The fourth-order valence-corrected chi connectivity index (χ4v) is 5.84. The number of fused-ring (bicyclic) bond motifs is 1. The van der Waals surface area contributed by atoms with Gasteiger partial charge in [-0.15, -0.1) is 0 Å². The van der Waals surface area contributed by atoms with E-state index in [1.165, 1.54) is 17.1 Å². The van der Waals surface area contributed by atoms with Crippen LogP contribution >= 0.6 is 35.0 Å². The van der Waals surface area contributed by atoms with Crippen molar-refractivity contribution in [1.82, 2.24) is 4.90 Å². The van der Waals surface area contributed by atoms with E-state index in [0.29, 0.717) is 57.6 Å². The van der Waals surface area contributed by atoms with E-state index in [1.807, 2.05) is 48.5 Å². The normalized spacial score (nSPS) is 15.6. The zero-order chi connectivity index (χ0) is 27.2. The molecule has 0 N–H and O–H groups in total. The molecule has 5 rings (SSSR count). The van der Waals surface area contributed by atoms with Crippen LogP contribution in [-0.4, -0.2) is 36.2 Å². The molecule has 0 bridgehead atoms. The van der Waals surface area contributed by atoms with E-state index in [1.54, 1.807) is 30.2 Å². The van der Waals surface area contributed by atoms with Gasteiger partial charge < -0.3 is 9.47 Å². The standard InChI is InChI=1S/C31H26Cl2N2O3S/c1-37-15-7-14-35-30(36)28(39-31(35)34-25-10-3-2-4-11-25)19-22-17-26(32)29(27(33)18-22)38-20-21-12-13-23-8-5-6-9-24(23)16-21/h2-6,8-13,16-19H,7,14-15,20H2,1H3/b28-19-,34-31?. The summed E-state index contributed by atoms with van der Waals surface area (Å²) in [5, 5.41) is 3.69. The summed E-state index contributed by atoms with van der Waals surface area (Å²) in [4.78, 5) is 20.3. The molecule has 1 heterocycles. The third-order valence-corrected chi connectivity index (χ3v) is 7.68. The SMILES string of the molecule is COCCCN1C(=O)/C(=C/c2cc(Cl)c(OCc3ccc4ccccc4c3)c(Cl)c2)SC1=Nc1ccccc1. The smallest absolute Gasteiger partial charge is 0.266 e. The van der Waals surface area contributed by atoms with Crippen molar-refractivity contribution in [2.75, 3.05) is 20.3 Å². The molecule has 0 aliphatic carbocycles. The molecule has 1 fully saturated rings. The quantitative estimate of drug-likeness (QED) is 0.148. The van der Waals surface area contributed by atoms with E-state index in [0.717, 1.165) is 16.6 Å². The Morgan fingerprint density at radius 2 is 1.64 bits per heavy atom. The number of carbonyl (C=O) groups is 1. The molecule has 8 heteroatoms. The molecule has 0 unspecified atom stereocenters. The third kappa shape index (κ3) is 6.65. The largest absolute Gasteiger partial charge is 0.486 e. The molecular weight excluding hydrogens is 551 g/mol. The van der Waals surface area contributed by atoms with Gasteiger partial charge in [-0.25, -0.2) is 4.99 Å². The summed E-state index contributed by atoms with van der Waals surface area (Å²) in [5.41, 5.74) is 2.50. The lowest BCUT2D eigenvalue weighted by Gasteiger charge is -2.15. The van der Waals surface area contributed by atoms with Crippen LogP contribution in [0.4, 0.5) is 5.69 Å². The number of ether oxygens (including phenoxy) is 2. The molecule has 39 heavy (non-hydrogen) atoms. The van der Waals surface area contributed by atoms with Gasteiger partial charge in [-0.1, -0.05) is 77.8 Å². The van der Waals surface area contributed by atoms with Crippen LogP contribution < -0.4 is 4.74 Å². The van der Waals surface area contributed by atoms with Crippen LogP contribution in [0, 0.1) is 0 Å². The second-order valence-corrected chi connectivity index (χ2v) is 10.8. The number of thioether (sulfide) groups is 1. The summed E-state index contributed by atoms with van der Waals surface area (Å²) in [6, 6.07) is 27.4. The van der Waals surface area contributed by atoms with Crippen LogP contribution in [0.25, 0.3) is 16.8 Å². The van der Waals surface area contributed by atoms with Gasteiger partial charge in [-0.05, 0) is 76.5 Å². The Morgan fingerprint density at radius 1 is 0.923 bits per heavy atom. The van der Waals surface area contributed by atoms with E-state index in [4.69, 9.17) is 37.7 Å². The highest BCUT2D eigenvalue weighted by Crippen LogP contribution is 2.38. The number of para-hydroxylation sites is 1. The zero-order valence-electron chi connectivity index (χ0n) is 21.3. The summed E-state index contributed by atoms with van der Waals surface area (Å²) in [7, 11) is 1.65. The predicted molar refractivity (Wildman–Crippen MR) is 162 cm³/mol. The fraction of sp³-hybridized carbons (Fsp3) is 0.161. The Morgan fingerprint density at radius 3 is 2.38 bits per heavy atom. The third-order valence-electron chi connectivity index (χ3n) is 6.11. The van der Waals surface area contributed by atoms with Gasteiger partial charge in [0.1, 0.15) is 6.61 Å². The number of amides is 1. The number of carbonyl (C=O) groups excluding carboxylic acids is 1. The van der Waals surface area contributed by atoms with Crippen molar-refractivity contribution in [2.24, 2.45) is 4.99 Å². The molecule has 1 amide bonds. The van der Waals surface area contributed by atoms with Crippen molar-refractivity contribution in [3.05, 3.63) is 111 Å². The van der Waals surface area contributed by atoms with E-state index in [-0.39, 0.29) is 5.91 Å². The Hall–Kier alpha value is -3.29. The molecule has 4 aromatic carbocycles. The monoisotopic (exact) mass is 576 g/mol. The molecular formula is C31H26Cl2N2O3S. The second-order valence-electron chi connectivity index (χ2n) is 8.93. The van der Waals surface area contributed by atoms with Gasteiger partial charge in [-0.2, -0.15) is 0 Å². The number of nitrogens with zero attached hydrogens (tertiary/aromatic N) is 2. The number of methoxy groups -OCH3 is 1. The van der Waals surface area contributed by atoms with Crippen LogP contribution in [0.1, 0.15) is 17.5 Å². The maximum absolute atomic E-state index is 13.3. The fourth-order valence-electron chi connectivity index (χ4n) is 4.20. The van der Waals surface area contributed by atoms with Gasteiger partial charge >= 0.3 is 0 Å². The van der Waals surface area contributed by atoms with Crippen molar-refractivity contribution < 1.29 is 14.3 Å². The van der Waals surface area contributed by atoms with Gasteiger partial charge in [0.2, 0.25) is 0 Å². The zero-order valence-corrected chi connectivity index (χ0v) is 23.6. The van der Waals surface area contributed by atoms with E-state index < -0.39 is 0 Å². The number of hydrogen-bond acceptors (Lipinski definition) is 5.